The second-order valence-corrected chi connectivity index (χ2v) is 5.84. The maximum absolute atomic E-state index is 12.7. The van der Waals surface area contributed by atoms with Gasteiger partial charge in [-0.1, -0.05) is 12.1 Å². The average molecular weight is 361 g/mol. The standard InChI is InChI=1S/C18H15N7O2/c1-10-11(7-4-8-20-10)22-17(27)14-15(16(19)26)25(9-21-14)18-23-12-5-2-3-6-13(12)24-18/h2-9H,1H3,(H2,19,26)(H,22,27)(H,23,24). The molecule has 0 unspecified atom stereocenters. The third kappa shape index (κ3) is 2.91. The van der Waals surface area contributed by atoms with Crippen molar-refractivity contribution in [2.75, 3.05) is 5.32 Å². The zero-order valence-electron chi connectivity index (χ0n) is 14.3. The molecule has 0 aliphatic rings. The smallest absolute Gasteiger partial charge is 0.276 e. The van der Waals surface area contributed by atoms with Crippen LogP contribution in [0.1, 0.15) is 26.7 Å². The molecular weight excluding hydrogens is 346 g/mol. The predicted octanol–water partition coefficient (Wildman–Crippen LogP) is 1.80. The molecule has 4 aromatic rings. The lowest BCUT2D eigenvalue weighted by molar-refractivity contribution is 0.0970. The van der Waals surface area contributed by atoms with E-state index in [1.54, 1.807) is 25.3 Å². The van der Waals surface area contributed by atoms with Crippen LogP contribution in [-0.2, 0) is 0 Å². The molecule has 0 saturated heterocycles. The lowest BCUT2D eigenvalue weighted by Gasteiger charge is -2.07. The number of aromatic nitrogens is 5. The summed E-state index contributed by atoms with van der Waals surface area (Å²) in [7, 11) is 0. The summed E-state index contributed by atoms with van der Waals surface area (Å²) in [6.45, 7) is 1.76. The zero-order valence-corrected chi connectivity index (χ0v) is 14.3. The van der Waals surface area contributed by atoms with Crippen LogP contribution in [0.15, 0.2) is 48.9 Å². The first-order valence-electron chi connectivity index (χ1n) is 8.10. The Labute approximate surface area is 153 Å². The molecule has 2 amide bonds. The second-order valence-electron chi connectivity index (χ2n) is 5.84. The van der Waals surface area contributed by atoms with Crippen molar-refractivity contribution in [3.8, 4) is 5.95 Å². The Balaban J connectivity index is 1.75. The van der Waals surface area contributed by atoms with Crippen LogP contribution in [0.5, 0.6) is 0 Å². The number of carbonyl (C=O) groups is 2. The van der Waals surface area contributed by atoms with E-state index in [0.29, 0.717) is 22.8 Å². The van der Waals surface area contributed by atoms with Gasteiger partial charge in [-0.05, 0) is 31.2 Å². The molecule has 1 aromatic carbocycles. The number of aromatic amines is 1. The van der Waals surface area contributed by atoms with Gasteiger partial charge in [0.05, 0.1) is 22.4 Å². The summed E-state index contributed by atoms with van der Waals surface area (Å²) in [5.74, 6) is -1.01. The van der Waals surface area contributed by atoms with E-state index in [4.69, 9.17) is 5.73 Å². The van der Waals surface area contributed by atoms with Gasteiger partial charge in [-0.15, -0.1) is 0 Å². The number of nitrogens with zero attached hydrogens (tertiary/aromatic N) is 4. The fourth-order valence-corrected chi connectivity index (χ4v) is 2.76. The number of hydrogen-bond donors (Lipinski definition) is 3. The highest BCUT2D eigenvalue weighted by Gasteiger charge is 2.24. The van der Waals surface area contributed by atoms with Crippen molar-refractivity contribution >= 4 is 28.5 Å². The molecule has 9 nitrogen and oxygen atoms in total. The van der Waals surface area contributed by atoms with Gasteiger partial charge >= 0.3 is 0 Å². The monoisotopic (exact) mass is 361 g/mol. The number of pyridine rings is 1. The van der Waals surface area contributed by atoms with E-state index in [-0.39, 0.29) is 11.4 Å². The summed E-state index contributed by atoms with van der Waals surface area (Å²) in [5.41, 5.74) is 8.03. The summed E-state index contributed by atoms with van der Waals surface area (Å²) in [4.78, 5) is 40.4. The lowest BCUT2D eigenvalue weighted by atomic mass is 10.2. The van der Waals surface area contributed by atoms with E-state index >= 15 is 0 Å². The number of rotatable bonds is 4. The summed E-state index contributed by atoms with van der Waals surface area (Å²) in [6.07, 6.45) is 2.96. The Morgan fingerprint density at radius 2 is 1.96 bits per heavy atom. The van der Waals surface area contributed by atoms with Crippen LogP contribution in [0, 0.1) is 6.92 Å². The number of benzene rings is 1. The number of nitrogens with one attached hydrogen (secondary N) is 2. The molecule has 0 fully saturated rings. The molecule has 3 heterocycles. The molecule has 4 rings (SSSR count). The number of aryl methyl sites for hydroxylation is 1. The molecular formula is C18H15N7O2. The molecule has 27 heavy (non-hydrogen) atoms. The molecule has 9 heteroatoms. The van der Waals surface area contributed by atoms with Crippen LogP contribution in [0.2, 0.25) is 0 Å². The molecule has 0 aliphatic carbocycles. The largest absolute Gasteiger partial charge is 0.364 e. The van der Waals surface area contributed by atoms with Crippen LogP contribution in [-0.4, -0.2) is 36.3 Å². The topological polar surface area (TPSA) is 132 Å². The van der Waals surface area contributed by atoms with E-state index < -0.39 is 11.8 Å². The van der Waals surface area contributed by atoms with Crippen molar-refractivity contribution in [2.45, 2.75) is 6.92 Å². The van der Waals surface area contributed by atoms with E-state index in [1.807, 2.05) is 24.3 Å². The van der Waals surface area contributed by atoms with Gasteiger partial charge < -0.3 is 16.0 Å². The van der Waals surface area contributed by atoms with E-state index in [1.165, 1.54) is 10.9 Å². The molecule has 0 atom stereocenters. The van der Waals surface area contributed by atoms with Gasteiger partial charge in [0.1, 0.15) is 12.0 Å². The Bertz CT molecular complexity index is 1140. The second kappa shape index (κ2) is 6.37. The van der Waals surface area contributed by atoms with Crippen molar-refractivity contribution in [3.05, 3.63) is 66.0 Å². The molecule has 4 N–H and O–H groups in total. The predicted molar refractivity (Wildman–Crippen MR) is 98.7 cm³/mol. The minimum Gasteiger partial charge on any atom is -0.364 e. The lowest BCUT2D eigenvalue weighted by Crippen LogP contribution is -2.23. The van der Waals surface area contributed by atoms with Crippen molar-refractivity contribution in [1.82, 2.24) is 24.5 Å². The minimum atomic E-state index is -0.791. The number of imidazole rings is 2. The van der Waals surface area contributed by atoms with E-state index in [9.17, 15) is 9.59 Å². The summed E-state index contributed by atoms with van der Waals surface area (Å²) >= 11 is 0. The van der Waals surface area contributed by atoms with Crippen LogP contribution in [0.25, 0.3) is 17.0 Å². The Morgan fingerprint density at radius 1 is 1.15 bits per heavy atom. The van der Waals surface area contributed by atoms with Gasteiger partial charge in [0.25, 0.3) is 11.8 Å². The molecule has 0 bridgehead atoms. The van der Waals surface area contributed by atoms with Crippen molar-refractivity contribution in [3.63, 3.8) is 0 Å². The Kier molecular flexibility index (Phi) is 3.88. The molecule has 0 radical (unpaired) electrons. The highest BCUT2D eigenvalue weighted by atomic mass is 16.2. The van der Waals surface area contributed by atoms with Gasteiger partial charge in [-0.3, -0.25) is 19.1 Å². The normalized spacial score (nSPS) is 10.9. The Hall–Kier alpha value is -4.01. The molecule has 134 valence electrons. The number of anilines is 1. The van der Waals surface area contributed by atoms with Crippen molar-refractivity contribution < 1.29 is 9.59 Å². The van der Waals surface area contributed by atoms with Crippen LogP contribution in [0.3, 0.4) is 0 Å². The van der Waals surface area contributed by atoms with Crippen molar-refractivity contribution in [2.24, 2.45) is 5.73 Å². The number of para-hydroxylation sites is 2. The maximum Gasteiger partial charge on any atom is 0.276 e. The van der Waals surface area contributed by atoms with Crippen LogP contribution < -0.4 is 11.1 Å². The maximum atomic E-state index is 12.7. The SMILES string of the molecule is Cc1ncccc1NC(=O)c1ncn(-c2nc3ccccc3[nH]2)c1C(N)=O. The van der Waals surface area contributed by atoms with Gasteiger partial charge in [-0.2, -0.15) is 0 Å². The zero-order chi connectivity index (χ0) is 19.0. The number of amides is 2. The third-order valence-electron chi connectivity index (χ3n) is 4.08. The molecule has 0 spiro atoms. The van der Waals surface area contributed by atoms with Gasteiger partial charge in [0, 0.05) is 6.20 Å². The average Bonchev–Trinajstić information content (AvgIpc) is 3.27. The van der Waals surface area contributed by atoms with Gasteiger partial charge in [-0.25, -0.2) is 9.97 Å². The quantitative estimate of drug-likeness (QED) is 0.510. The molecule has 0 saturated carbocycles. The number of primary amides is 1. The van der Waals surface area contributed by atoms with Gasteiger partial charge in [0.2, 0.25) is 5.95 Å². The fraction of sp³-hybridized carbons (Fsp3) is 0.0556. The number of H-pyrrole nitrogens is 1. The number of fused-ring (bicyclic) bond motifs is 1. The highest BCUT2D eigenvalue weighted by Crippen LogP contribution is 2.18. The first-order valence-corrected chi connectivity index (χ1v) is 8.10. The third-order valence-corrected chi connectivity index (χ3v) is 4.08. The van der Waals surface area contributed by atoms with Crippen LogP contribution >= 0.6 is 0 Å². The first kappa shape index (κ1) is 16.5. The summed E-state index contributed by atoms with van der Waals surface area (Å²) in [5, 5.41) is 2.70. The molecule has 0 aliphatic heterocycles. The fourth-order valence-electron chi connectivity index (χ4n) is 2.76. The van der Waals surface area contributed by atoms with Crippen LogP contribution in [0.4, 0.5) is 5.69 Å². The molecule has 3 aromatic heterocycles. The van der Waals surface area contributed by atoms with E-state index in [0.717, 1.165) is 5.52 Å². The number of nitrogens with two attached hydrogens (primary N) is 1. The van der Waals surface area contributed by atoms with Gasteiger partial charge in [0.15, 0.2) is 5.69 Å². The number of carbonyl (C=O) groups excluding carboxylic acids is 2. The van der Waals surface area contributed by atoms with Crippen molar-refractivity contribution in [1.29, 1.82) is 0 Å². The minimum absolute atomic E-state index is 0.0619. The number of hydrogen-bond acceptors (Lipinski definition) is 5. The highest BCUT2D eigenvalue weighted by molar-refractivity contribution is 6.10. The first-order chi connectivity index (χ1) is 13.0. The summed E-state index contributed by atoms with van der Waals surface area (Å²) < 4.78 is 1.37. The Morgan fingerprint density at radius 3 is 2.70 bits per heavy atom. The summed E-state index contributed by atoms with van der Waals surface area (Å²) in [6, 6.07) is 10.8. The van der Waals surface area contributed by atoms with E-state index in [2.05, 4.69) is 25.3 Å².